The van der Waals surface area contributed by atoms with Crippen molar-refractivity contribution < 1.29 is 4.74 Å². The molecule has 3 aromatic rings. The monoisotopic (exact) mass is 374 g/mol. The first-order valence-corrected chi connectivity index (χ1v) is 8.99. The number of ether oxygens (including phenoxy) is 1. The summed E-state index contributed by atoms with van der Waals surface area (Å²) >= 11 is 0. The molecule has 2 aromatic carbocycles. The van der Waals surface area contributed by atoms with E-state index in [2.05, 4.69) is 10.4 Å². The van der Waals surface area contributed by atoms with Gasteiger partial charge in [0.2, 0.25) is 0 Å². The Morgan fingerprint density at radius 3 is 2.68 bits per heavy atom. The second-order valence-electron chi connectivity index (χ2n) is 6.13. The number of para-hydroxylation sites is 1. The van der Waals surface area contributed by atoms with Crippen LogP contribution in [0.2, 0.25) is 0 Å². The van der Waals surface area contributed by atoms with E-state index in [1.807, 2.05) is 68.4 Å². The number of aromatic nitrogens is 2. The molecule has 0 saturated heterocycles. The number of nitrogens with one attached hydrogen (secondary N) is 2. The average Bonchev–Trinajstić information content (AvgIpc) is 2.70. The van der Waals surface area contributed by atoms with Crippen molar-refractivity contribution in [2.24, 2.45) is 0 Å². The number of nitrogens with zero attached hydrogens (tertiary/aromatic N) is 2. The van der Waals surface area contributed by atoms with Gasteiger partial charge in [-0.15, -0.1) is 0 Å². The molecule has 0 radical (unpaired) electrons. The van der Waals surface area contributed by atoms with E-state index >= 15 is 0 Å². The Kier molecular flexibility index (Phi) is 6.01. The summed E-state index contributed by atoms with van der Waals surface area (Å²) in [5.74, 6) is 0.208. The second kappa shape index (κ2) is 8.81. The zero-order valence-electron chi connectivity index (χ0n) is 15.8. The summed E-state index contributed by atoms with van der Waals surface area (Å²) in [4.78, 5) is 13.0. The number of benzene rings is 2. The van der Waals surface area contributed by atoms with Crippen molar-refractivity contribution in [1.29, 1.82) is 5.41 Å². The first-order chi connectivity index (χ1) is 13.6. The van der Waals surface area contributed by atoms with E-state index in [0.29, 0.717) is 12.3 Å². The predicted molar refractivity (Wildman–Crippen MR) is 113 cm³/mol. The van der Waals surface area contributed by atoms with Crippen LogP contribution >= 0.6 is 0 Å². The molecule has 28 heavy (non-hydrogen) atoms. The molecule has 0 saturated carbocycles. The molecule has 0 fully saturated rings. The Morgan fingerprint density at radius 2 is 2.00 bits per heavy atom. The van der Waals surface area contributed by atoms with Gasteiger partial charge < -0.3 is 15.5 Å². The molecule has 3 rings (SSSR count). The van der Waals surface area contributed by atoms with E-state index in [9.17, 15) is 4.79 Å². The van der Waals surface area contributed by atoms with Crippen molar-refractivity contribution in [1.82, 2.24) is 9.78 Å². The highest BCUT2D eigenvalue weighted by molar-refractivity contribution is 5.87. The summed E-state index contributed by atoms with van der Waals surface area (Å²) in [7, 11) is 0. The molecule has 6 nitrogen and oxygen atoms in total. The summed E-state index contributed by atoms with van der Waals surface area (Å²) in [6.07, 6.45) is 4.22. The Bertz CT molecular complexity index is 1060. The van der Waals surface area contributed by atoms with E-state index in [4.69, 9.17) is 10.1 Å². The van der Waals surface area contributed by atoms with Crippen LogP contribution < -0.4 is 15.5 Å². The second-order valence-corrected chi connectivity index (χ2v) is 6.13. The lowest BCUT2D eigenvalue weighted by Crippen LogP contribution is -2.21. The predicted octanol–water partition coefficient (Wildman–Crippen LogP) is 4.04. The molecule has 0 bridgehead atoms. The fourth-order valence-corrected chi connectivity index (χ4v) is 2.75. The van der Waals surface area contributed by atoms with Crippen LogP contribution in [0.15, 0.2) is 71.7 Å². The molecule has 0 amide bonds. The number of anilines is 1. The smallest absolute Gasteiger partial charge is 0.251 e. The largest absolute Gasteiger partial charge is 0.488 e. The molecule has 1 heterocycles. The average molecular weight is 374 g/mol. The quantitative estimate of drug-likeness (QED) is 0.612. The molecule has 0 atom stereocenters. The van der Waals surface area contributed by atoms with Gasteiger partial charge in [-0.05, 0) is 49.8 Å². The SMILES string of the molecule is CCOc1cn(-c2cccc(C)c2)nc(/C(=C/C=N)Nc2ccccc2)c1=O. The highest BCUT2D eigenvalue weighted by atomic mass is 16.5. The minimum absolute atomic E-state index is 0.180. The maximum Gasteiger partial charge on any atom is 0.251 e. The fraction of sp³-hybridized carbons (Fsp3) is 0.136. The van der Waals surface area contributed by atoms with Crippen molar-refractivity contribution in [2.75, 3.05) is 11.9 Å². The number of allylic oxidation sites excluding steroid dienone is 1. The molecular formula is C22H22N4O2. The number of rotatable bonds is 7. The maximum atomic E-state index is 13.0. The van der Waals surface area contributed by atoms with E-state index in [1.165, 1.54) is 6.08 Å². The third kappa shape index (κ3) is 4.35. The maximum absolute atomic E-state index is 13.0. The minimum Gasteiger partial charge on any atom is -0.488 e. The van der Waals surface area contributed by atoms with Crippen molar-refractivity contribution >= 4 is 17.6 Å². The third-order valence-electron chi connectivity index (χ3n) is 4.01. The minimum atomic E-state index is -0.331. The van der Waals surface area contributed by atoms with Crippen LogP contribution in [-0.2, 0) is 0 Å². The molecule has 0 unspecified atom stereocenters. The molecule has 0 aliphatic rings. The lowest BCUT2D eigenvalue weighted by molar-refractivity contribution is 0.333. The zero-order chi connectivity index (χ0) is 19.9. The van der Waals surface area contributed by atoms with Crippen LogP contribution in [-0.4, -0.2) is 22.6 Å². The Balaban J connectivity index is 2.15. The number of aryl methyl sites for hydroxylation is 1. The normalized spacial score (nSPS) is 11.1. The highest BCUT2D eigenvalue weighted by Gasteiger charge is 2.16. The Labute approximate surface area is 163 Å². The van der Waals surface area contributed by atoms with Gasteiger partial charge in [-0.1, -0.05) is 30.3 Å². The number of hydrogen-bond donors (Lipinski definition) is 2. The molecule has 6 heteroatoms. The molecule has 2 N–H and O–H groups in total. The molecular weight excluding hydrogens is 352 g/mol. The van der Waals surface area contributed by atoms with Gasteiger partial charge in [0.05, 0.1) is 24.2 Å². The van der Waals surface area contributed by atoms with Crippen LogP contribution in [0.25, 0.3) is 11.4 Å². The summed E-state index contributed by atoms with van der Waals surface area (Å²) in [5.41, 5.74) is 2.96. The van der Waals surface area contributed by atoms with E-state index in [-0.39, 0.29) is 16.9 Å². The highest BCUT2D eigenvalue weighted by Crippen LogP contribution is 2.18. The van der Waals surface area contributed by atoms with E-state index in [1.54, 1.807) is 10.9 Å². The Hall–Kier alpha value is -3.67. The summed E-state index contributed by atoms with van der Waals surface area (Å²) in [5, 5.41) is 15.2. The van der Waals surface area contributed by atoms with Gasteiger partial charge >= 0.3 is 0 Å². The van der Waals surface area contributed by atoms with Gasteiger partial charge in [-0.25, -0.2) is 4.68 Å². The van der Waals surface area contributed by atoms with Crippen LogP contribution in [0.5, 0.6) is 5.75 Å². The van der Waals surface area contributed by atoms with Crippen molar-refractivity contribution in [3.8, 4) is 11.4 Å². The van der Waals surface area contributed by atoms with E-state index in [0.717, 1.165) is 23.2 Å². The van der Waals surface area contributed by atoms with Crippen molar-refractivity contribution in [2.45, 2.75) is 13.8 Å². The molecule has 0 aliphatic carbocycles. The topological polar surface area (TPSA) is 80.0 Å². The summed E-state index contributed by atoms with van der Waals surface area (Å²) in [6, 6.07) is 17.3. The first-order valence-electron chi connectivity index (χ1n) is 8.99. The zero-order valence-corrected chi connectivity index (χ0v) is 15.8. The molecule has 0 spiro atoms. The Morgan fingerprint density at radius 1 is 1.21 bits per heavy atom. The fourth-order valence-electron chi connectivity index (χ4n) is 2.75. The summed E-state index contributed by atoms with van der Waals surface area (Å²) < 4.78 is 7.19. The van der Waals surface area contributed by atoms with Crippen molar-refractivity contribution in [3.05, 3.63) is 88.4 Å². The lowest BCUT2D eigenvalue weighted by Gasteiger charge is -2.14. The number of hydrogen-bond acceptors (Lipinski definition) is 5. The lowest BCUT2D eigenvalue weighted by atomic mass is 10.2. The van der Waals surface area contributed by atoms with Crippen LogP contribution in [0.4, 0.5) is 5.69 Å². The van der Waals surface area contributed by atoms with Crippen LogP contribution in [0.1, 0.15) is 18.2 Å². The first kappa shape index (κ1) is 19.1. The van der Waals surface area contributed by atoms with Gasteiger partial charge in [0.1, 0.15) is 0 Å². The summed E-state index contributed by atoms with van der Waals surface area (Å²) in [6.45, 7) is 4.18. The standard InChI is InChI=1S/C22H22N4O2/c1-3-28-20-15-26(18-11-7-8-16(2)14-18)25-21(22(20)27)19(12-13-23)24-17-9-5-4-6-10-17/h4-15,23-24H,3H2,1-2H3/b19-12-,23-13?. The van der Waals surface area contributed by atoms with Crippen molar-refractivity contribution in [3.63, 3.8) is 0 Å². The molecule has 1 aromatic heterocycles. The van der Waals surface area contributed by atoms with Gasteiger partial charge in [-0.3, -0.25) is 4.79 Å². The van der Waals surface area contributed by atoms with Gasteiger partial charge in [-0.2, -0.15) is 5.10 Å². The molecule has 0 aliphatic heterocycles. The molecule has 142 valence electrons. The van der Waals surface area contributed by atoms with Gasteiger partial charge in [0, 0.05) is 11.9 Å². The van der Waals surface area contributed by atoms with Gasteiger partial charge in [0.15, 0.2) is 11.4 Å². The third-order valence-corrected chi connectivity index (χ3v) is 4.01. The van der Waals surface area contributed by atoms with Gasteiger partial charge in [0.25, 0.3) is 5.43 Å². The van der Waals surface area contributed by atoms with Crippen LogP contribution in [0, 0.1) is 12.3 Å². The van der Waals surface area contributed by atoms with Crippen LogP contribution in [0.3, 0.4) is 0 Å². The van der Waals surface area contributed by atoms with E-state index < -0.39 is 0 Å².